The molecule has 1 aromatic heterocycles. The van der Waals surface area contributed by atoms with E-state index in [-0.39, 0.29) is 17.5 Å². The van der Waals surface area contributed by atoms with Gasteiger partial charge in [0.1, 0.15) is 11.7 Å². The first kappa shape index (κ1) is 15.1. The predicted octanol–water partition coefficient (Wildman–Crippen LogP) is 2.03. The Morgan fingerprint density at radius 2 is 1.96 bits per heavy atom. The van der Waals surface area contributed by atoms with E-state index in [2.05, 4.69) is 15.3 Å². The van der Waals surface area contributed by atoms with Crippen LogP contribution in [-0.2, 0) is 4.79 Å². The maximum Gasteiger partial charge on any atom is 0.274 e. The summed E-state index contributed by atoms with van der Waals surface area (Å²) in [5, 5.41) is 2.86. The molecule has 1 aliphatic rings. The number of carbonyl (C=O) groups is 2. The van der Waals surface area contributed by atoms with Crippen molar-refractivity contribution >= 4 is 17.5 Å². The van der Waals surface area contributed by atoms with E-state index in [1.807, 2.05) is 37.3 Å². The predicted molar refractivity (Wildman–Crippen MR) is 85.9 cm³/mol. The number of rotatable bonds is 3. The summed E-state index contributed by atoms with van der Waals surface area (Å²) < 4.78 is 0. The minimum Gasteiger partial charge on any atom is -0.325 e. The van der Waals surface area contributed by atoms with Gasteiger partial charge in [0.2, 0.25) is 5.91 Å². The number of nitrogens with one attached hydrogen (secondary N) is 1. The molecule has 2 amide bonds. The number of hydrogen-bond donors (Lipinski definition) is 1. The van der Waals surface area contributed by atoms with Crippen molar-refractivity contribution in [2.75, 3.05) is 11.9 Å². The van der Waals surface area contributed by atoms with Crippen LogP contribution in [0, 0.1) is 6.92 Å². The fourth-order valence-electron chi connectivity index (χ4n) is 2.68. The van der Waals surface area contributed by atoms with E-state index in [1.54, 1.807) is 11.1 Å². The van der Waals surface area contributed by atoms with Gasteiger partial charge >= 0.3 is 0 Å². The standard InChI is InChI=1S/C17H18N4O2/c1-12-10-19-14(11-18-12)17(23)21-9-5-8-15(21)16(22)20-13-6-3-2-4-7-13/h2-4,6-7,10-11,15H,5,8-9H2,1H3,(H,20,22). The number of nitrogens with zero attached hydrogens (tertiary/aromatic N) is 3. The van der Waals surface area contributed by atoms with E-state index >= 15 is 0 Å². The van der Waals surface area contributed by atoms with Gasteiger partial charge < -0.3 is 10.2 Å². The summed E-state index contributed by atoms with van der Waals surface area (Å²) in [6, 6.07) is 8.78. The number of benzene rings is 1. The molecule has 1 N–H and O–H groups in total. The normalized spacial score (nSPS) is 17.1. The van der Waals surface area contributed by atoms with E-state index in [0.29, 0.717) is 13.0 Å². The van der Waals surface area contributed by atoms with Crippen LogP contribution in [0.25, 0.3) is 0 Å². The smallest absolute Gasteiger partial charge is 0.274 e. The molecule has 0 bridgehead atoms. The van der Waals surface area contributed by atoms with Crippen LogP contribution in [0.4, 0.5) is 5.69 Å². The highest BCUT2D eigenvalue weighted by Crippen LogP contribution is 2.21. The van der Waals surface area contributed by atoms with Gasteiger partial charge in [-0.3, -0.25) is 14.6 Å². The molecule has 1 saturated heterocycles. The van der Waals surface area contributed by atoms with Gasteiger partial charge in [-0.25, -0.2) is 4.98 Å². The Balaban J connectivity index is 1.73. The summed E-state index contributed by atoms with van der Waals surface area (Å²) in [5.41, 5.74) is 1.75. The molecule has 1 aromatic carbocycles. The molecule has 2 aromatic rings. The topological polar surface area (TPSA) is 75.2 Å². The quantitative estimate of drug-likeness (QED) is 0.941. The Labute approximate surface area is 134 Å². The number of amides is 2. The van der Waals surface area contributed by atoms with Crippen molar-refractivity contribution < 1.29 is 9.59 Å². The molecule has 1 atom stereocenters. The first-order valence-corrected chi connectivity index (χ1v) is 7.60. The van der Waals surface area contributed by atoms with Crippen molar-refractivity contribution in [3.63, 3.8) is 0 Å². The van der Waals surface area contributed by atoms with E-state index in [1.165, 1.54) is 6.20 Å². The van der Waals surface area contributed by atoms with E-state index in [0.717, 1.165) is 17.8 Å². The maximum atomic E-state index is 12.6. The summed E-state index contributed by atoms with van der Waals surface area (Å²) in [6.07, 6.45) is 4.48. The van der Waals surface area contributed by atoms with E-state index in [4.69, 9.17) is 0 Å². The first-order valence-electron chi connectivity index (χ1n) is 7.60. The second-order valence-corrected chi connectivity index (χ2v) is 5.55. The molecular weight excluding hydrogens is 292 g/mol. The van der Waals surface area contributed by atoms with Crippen LogP contribution in [0.2, 0.25) is 0 Å². The average molecular weight is 310 g/mol. The third-order valence-corrected chi connectivity index (χ3v) is 3.86. The molecule has 0 aliphatic carbocycles. The van der Waals surface area contributed by atoms with Crippen LogP contribution in [-0.4, -0.2) is 39.3 Å². The molecule has 23 heavy (non-hydrogen) atoms. The Morgan fingerprint density at radius 1 is 1.17 bits per heavy atom. The largest absolute Gasteiger partial charge is 0.325 e. The van der Waals surface area contributed by atoms with Crippen molar-refractivity contribution in [3.8, 4) is 0 Å². The Bertz CT molecular complexity index is 700. The van der Waals surface area contributed by atoms with Gasteiger partial charge in [0.25, 0.3) is 5.91 Å². The van der Waals surface area contributed by atoms with Crippen LogP contribution < -0.4 is 5.32 Å². The van der Waals surface area contributed by atoms with Crippen LogP contribution in [0.15, 0.2) is 42.7 Å². The minimum atomic E-state index is -0.467. The molecule has 1 unspecified atom stereocenters. The molecule has 2 heterocycles. The van der Waals surface area contributed by atoms with Crippen molar-refractivity contribution in [2.24, 2.45) is 0 Å². The second kappa shape index (κ2) is 6.56. The van der Waals surface area contributed by atoms with E-state index < -0.39 is 6.04 Å². The van der Waals surface area contributed by atoms with Crippen LogP contribution in [0.3, 0.4) is 0 Å². The lowest BCUT2D eigenvalue weighted by Crippen LogP contribution is -2.43. The first-order chi connectivity index (χ1) is 11.1. The summed E-state index contributed by atoms with van der Waals surface area (Å²) in [6.45, 7) is 2.37. The van der Waals surface area contributed by atoms with Crippen molar-refractivity contribution in [1.82, 2.24) is 14.9 Å². The zero-order valence-corrected chi connectivity index (χ0v) is 12.9. The highest BCUT2D eigenvalue weighted by molar-refractivity contribution is 6.00. The third-order valence-electron chi connectivity index (χ3n) is 3.86. The van der Waals surface area contributed by atoms with Crippen LogP contribution in [0.1, 0.15) is 29.0 Å². The highest BCUT2D eigenvalue weighted by Gasteiger charge is 2.35. The molecule has 0 spiro atoms. The summed E-state index contributed by atoms with van der Waals surface area (Å²) in [5.74, 6) is -0.412. The second-order valence-electron chi connectivity index (χ2n) is 5.55. The monoisotopic (exact) mass is 310 g/mol. The highest BCUT2D eigenvalue weighted by atomic mass is 16.2. The Kier molecular flexibility index (Phi) is 4.32. The molecule has 0 saturated carbocycles. The van der Waals surface area contributed by atoms with Crippen molar-refractivity contribution in [1.29, 1.82) is 0 Å². The number of carbonyl (C=O) groups excluding carboxylic acids is 2. The molecule has 1 aliphatic heterocycles. The van der Waals surface area contributed by atoms with Gasteiger partial charge in [0, 0.05) is 18.4 Å². The Hall–Kier alpha value is -2.76. The number of para-hydroxylation sites is 1. The van der Waals surface area contributed by atoms with Gasteiger partial charge in [0.15, 0.2) is 0 Å². The zero-order valence-electron chi connectivity index (χ0n) is 12.9. The van der Waals surface area contributed by atoms with Crippen molar-refractivity contribution in [3.05, 3.63) is 54.1 Å². The molecule has 6 heteroatoms. The summed E-state index contributed by atoms with van der Waals surface area (Å²) in [7, 11) is 0. The zero-order chi connectivity index (χ0) is 16.2. The lowest BCUT2D eigenvalue weighted by atomic mass is 10.2. The average Bonchev–Trinajstić information content (AvgIpc) is 3.05. The third kappa shape index (κ3) is 3.36. The maximum absolute atomic E-state index is 12.6. The minimum absolute atomic E-state index is 0.165. The van der Waals surface area contributed by atoms with Gasteiger partial charge in [0.05, 0.1) is 11.9 Å². The number of aryl methyl sites for hydroxylation is 1. The molecule has 1 fully saturated rings. The van der Waals surface area contributed by atoms with Gasteiger partial charge in [-0.15, -0.1) is 0 Å². The molecular formula is C17H18N4O2. The molecule has 6 nitrogen and oxygen atoms in total. The van der Waals surface area contributed by atoms with Gasteiger partial charge in [-0.2, -0.15) is 0 Å². The fourth-order valence-corrected chi connectivity index (χ4v) is 2.68. The summed E-state index contributed by atoms with van der Waals surface area (Å²) in [4.78, 5) is 34.8. The summed E-state index contributed by atoms with van der Waals surface area (Å²) >= 11 is 0. The SMILES string of the molecule is Cc1cnc(C(=O)N2CCCC2C(=O)Nc2ccccc2)cn1. The lowest BCUT2D eigenvalue weighted by Gasteiger charge is -2.23. The van der Waals surface area contributed by atoms with Gasteiger partial charge in [-0.1, -0.05) is 18.2 Å². The van der Waals surface area contributed by atoms with Gasteiger partial charge in [-0.05, 0) is 31.9 Å². The molecule has 118 valence electrons. The number of hydrogen-bond acceptors (Lipinski definition) is 4. The number of anilines is 1. The molecule has 0 radical (unpaired) electrons. The Morgan fingerprint density at radius 3 is 2.65 bits per heavy atom. The number of likely N-dealkylation sites (tertiary alicyclic amines) is 1. The van der Waals surface area contributed by atoms with E-state index in [9.17, 15) is 9.59 Å². The van der Waals surface area contributed by atoms with Crippen LogP contribution in [0.5, 0.6) is 0 Å². The fraction of sp³-hybridized carbons (Fsp3) is 0.294. The lowest BCUT2D eigenvalue weighted by molar-refractivity contribution is -0.119. The van der Waals surface area contributed by atoms with Crippen molar-refractivity contribution in [2.45, 2.75) is 25.8 Å². The van der Waals surface area contributed by atoms with Crippen LogP contribution >= 0.6 is 0 Å². The molecule has 3 rings (SSSR count). The number of aromatic nitrogens is 2.